The first-order chi connectivity index (χ1) is 12.1. The number of rotatable bonds is 4. The van der Waals surface area contributed by atoms with Gasteiger partial charge in [-0.2, -0.15) is 10.5 Å². The summed E-state index contributed by atoms with van der Waals surface area (Å²) in [4.78, 5) is 28.7. The Morgan fingerprint density at radius 3 is 1.28 bits per heavy atom. The lowest BCUT2D eigenvalue weighted by molar-refractivity contribution is -0.135. The van der Waals surface area contributed by atoms with Gasteiger partial charge in [0.1, 0.15) is 0 Å². The highest BCUT2D eigenvalue weighted by molar-refractivity contribution is 5.82. The van der Waals surface area contributed by atoms with Crippen molar-refractivity contribution in [2.24, 2.45) is 5.41 Å². The zero-order chi connectivity index (χ0) is 18.1. The average molecular weight is 344 g/mol. The molecule has 0 saturated carbocycles. The van der Waals surface area contributed by atoms with Crippen LogP contribution in [0.4, 0.5) is 0 Å². The molecule has 0 aromatic carbocycles. The van der Waals surface area contributed by atoms with Gasteiger partial charge >= 0.3 is 0 Å². The summed E-state index contributed by atoms with van der Waals surface area (Å²) in [5, 5.41) is 19.1. The summed E-state index contributed by atoms with van der Waals surface area (Å²) < 4.78 is 0. The molecule has 0 radical (unpaired) electrons. The molecule has 2 amide bonds. The molecule has 0 atom stereocenters. The van der Waals surface area contributed by atoms with E-state index in [0.29, 0.717) is 26.2 Å². The Balaban J connectivity index is 2.01. The average Bonchev–Trinajstić information content (AvgIpc) is 3.06. The molecule has 2 saturated heterocycles. The molecule has 0 aliphatic carbocycles. The van der Waals surface area contributed by atoms with Gasteiger partial charge in [-0.05, 0) is 25.7 Å². The topological polar surface area (TPSA) is 88.2 Å². The number of hydrogen-bond acceptors (Lipinski definition) is 4. The SMILES string of the molecule is N#CC(C#N)(CC(=O)N1CCCCCC1)CC(=O)N1CCCCCC1. The molecule has 0 bridgehead atoms. The van der Waals surface area contributed by atoms with Crippen LogP contribution >= 0.6 is 0 Å². The van der Waals surface area contributed by atoms with Gasteiger partial charge in [0, 0.05) is 26.2 Å². The molecule has 0 aromatic rings. The van der Waals surface area contributed by atoms with E-state index in [1.54, 1.807) is 9.80 Å². The van der Waals surface area contributed by atoms with Crippen LogP contribution in [0.25, 0.3) is 0 Å². The van der Waals surface area contributed by atoms with Crippen molar-refractivity contribution in [1.82, 2.24) is 9.80 Å². The Bertz CT molecular complexity index is 495. The minimum Gasteiger partial charge on any atom is -0.343 e. The number of carbonyl (C=O) groups excluding carboxylic acids is 2. The number of carbonyl (C=O) groups is 2. The quantitative estimate of drug-likeness (QED) is 0.784. The normalized spacial score (nSPS) is 19.3. The van der Waals surface area contributed by atoms with Crippen molar-refractivity contribution in [2.75, 3.05) is 26.2 Å². The van der Waals surface area contributed by atoms with Crippen LogP contribution in [0, 0.1) is 28.1 Å². The molecule has 2 aliphatic rings. The van der Waals surface area contributed by atoms with Gasteiger partial charge < -0.3 is 9.80 Å². The third kappa shape index (κ3) is 5.46. The predicted octanol–water partition coefficient (Wildman–Crippen LogP) is 2.61. The second-order valence-corrected chi connectivity index (χ2v) is 7.25. The highest BCUT2D eigenvalue weighted by Gasteiger charge is 2.38. The van der Waals surface area contributed by atoms with E-state index in [0.717, 1.165) is 51.4 Å². The van der Waals surface area contributed by atoms with Gasteiger partial charge in [0.25, 0.3) is 0 Å². The maximum absolute atomic E-state index is 12.6. The molecule has 0 N–H and O–H groups in total. The summed E-state index contributed by atoms with van der Waals surface area (Å²) in [6, 6.07) is 3.96. The van der Waals surface area contributed by atoms with E-state index in [4.69, 9.17) is 0 Å². The molecule has 6 nitrogen and oxygen atoms in total. The maximum atomic E-state index is 12.6. The summed E-state index contributed by atoms with van der Waals surface area (Å²) in [5.74, 6) is -0.345. The first-order valence-electron chi connectivity index (χ1n) is 9.48. The van der Waals surface area contributed by atoms with Crippen molar-refractivity contribution in [3.05, 3.63) is 0 Å². The Kier molecular flexibility index (Phi) is 7.25. The number of likely N-dealkylation sites (tertiary alicyclic amines) is 2. The number of hydrogen-bond donors (Lipinski definition) is 0. The van der Waals surface area contributed by atoms with Gasteiger partial charge in [-0.3, -0.25) is 9.59 Å². The fourth-order valence-corrected chi connectivity index (χ4v) is 3.63. The van der Waals surface area contributed by atoms with Gasteiger partial charge in [-0.15, -0.1) is 0 Å². The summed E-state index contributed by atoms with van der Waals surface area (Å²) >= 11 is 0. The zero-order valence-electron chi connectivity index (χ0n) is 15.0. The van der Waals surface area contributed by atoms with Gasteiger partial charge in [-0.1, -0.05) is 25.7 Å². The molecule has 2 rings (SSSR count). The molecular formula is C19H28N4O2. The van der Waals surface area contributed by atoms with Crippen molar-refractivity contribution in [2.45, 2.75) is 64.2 Å². The summed E-state index contributed by atoms with van der Waals surface area (Å²) in [6.45, 7) is 2.75. The molecule has 2 aliphatic heterocycles. The lowest BCUT2D eigenvalue weighted by Crippen LogP contribution is -2.39. The second-order valence-electron chi connectivity index (χ2n) is 7.25. The van der Waals surface area contributed by atoms with Crippen LogP contribution in [0.3, 0.4) is 0 Å². The summed E-state index contributed by atoms with van der Waals surface area (Å²) in [7, 11) is 0. The van der Waals surface area contributed by atoms with E-state index in [-0.39, 0.29) is 24.7 Å². The molecule has 136 valence electrons. The molecule has 2 heterocycles. The van der Waals surface area contributed by atoms with E-state index in [9.17, 15) is 20.1 Å². The fourth-order valence-electron chi connectivity index (χ4n) is 3.63. The van der Waals surface area contributed by atoms with Gasteiger partial charge in [0.05, 0.1) is 25.0 Å². The van der Waals surface area contributed by atoms with Crippen molar-refractivity contribution >= 4 is 11.8 Å². The van der Waals surface area contributed by atoms with E-state index in [1.807, 2.05) is 12.1 Å². The van der Waals surface area contributed by atoms with Crippen molar-refractivity contribution in [1.29, 1.82) is 10.5 Å². The van der Waals surface area contributed by atoms with E-state index < -0.39 is 5.41 Å². The van der Waals surface area contributed by atoms with E-state index >= 15 is 0 Å². The lowest BCUT2D eigenvalue weighted by Gasteiger charge is -2.27. The third-order valence-corrected chi connectivity index (χ3v) is 5.25. The Morgan fingerprint density at radius 1 is 0.680 bits per heavy atom. The van der Waals surface area contributed by atoms with Crippen LogP contribution in [0.1, 0.15) is 64.2 Å². The van der Waals surface area contributed by atoms with Crippen LogP contribution in [-0.4, -0.2) is 47.8 Å². The summed E-state index contributed by atoms with van der Waals surface area (Å²) in [5.41, 5.74) is -1.55. The molecule has 0 aromatic heterocycles. The van der Waals surface area contributed by atoms with Crippen LogP contribution in [0.15, 0.2) is 0 Å². The van der Waals surface area contributed by atoms with Crippen LogP contribution in [0.2, 0.25) is 0 Å². The molecule has 6 heteroatoms. The van der Waals surface area contributed by atoms with Gasteiger partial charge in [0.2, 0.25) is 11.8 Å². The van der Waals surface area contributed by atoms with Gasteiger partial charge in [-0.25, -0.2) is 0 Å². The third-order valence-electron chi connectivity index (χ3n) is 5.25. The zero-order valence-corrected chi connectivity index (χ0v) is 15.0. The molecule has 25 heavy (non-hydrogen) atoms. The van der Waals surface area contributed by atoms with Crippen molar-refractivity contribution < 1.29 is 9.59 Å². The van der Waals surface area contributed by atoms with Gasteiger partial charge in [0.15, 0.2) is 5.41 Å². The standard InChI is InChI=1S/C19H28N4O2/c20-15-19(16-21,13-17(24)22-9-5-1-2-6-10-22)14-18(25)23-11-7-3-4-8-12-23/h1-14H2. The Hall–Kier alpha value is -2.08. The second kappa shape index (κ2) is 9.42. The smallest absolute Gasteiger partial charge is 0.225 e. The first-order valence-corrected chi connectivity index (χ1v) is 9.48. The van der Waals surface area contributed by atoms with Crippen LogP contribution < -0.4 is 0 Å². The highest BCUT2D eigenvalue weighted by Crippen LogP contribution is 2.28. The largest absolute Gasteiger partial charge is 0.343 e. The Labute approximate surface area is 150 Å². The number of amides is 2. The highest BCUT2D eigenvalue weighted by atomic mass is 16.2. The fraction of sp³-hybridized carbons (Fsp3) is 0.789. The number of nitriles is 2. The van der Waals surface area contributed by atoms with Crippen molar-refractivity contribution in [3.63, 3.8) is 0 Å². The molecule has 2 fully saturated rings. The monoisotopic (exact) mass is 344 g/mol. The molecular weight excluding hydrogens is 316 g/mol. The molecule has 0 spiro atoms. The first kappa shape index (κ1) is 19.2. The van der Waals surface area contributed by atoms with Crippen molar-refractivity contribution in [3.8, 4) is 12.1 Å². The van der Waals surface area contributed by atoms with E-state index in [1.165, 1.54) is 0 Å². The maximum Gasteiger partial charge on any atom is 0.225 e. The molecule has 0 unspecified atom stereocenters. The van der Waals surface area contributed by atoms with Crippen LogP contribution in [-0.2, 0) is 9.59 Å². The number of nitrogens with zero attached hydrogens (tertiary/aromatic N) is 4. The van der Waals surface area contributed by atoms with Crippen LogP contribution in [0.5, 0.6) is 0 Å². The Morgan fingerprint density at radius 2 is 1.00 bits per heavy atom. The minimum absolute atomic E-state index is 0.173. The van der Waals surface area contributed by atoms with E-state index in [2.05, 4.69) is 0 Å². The summed E-state index contributed by atoms with van der Waals surface area (Å²) in [6.07, 6.45) is 7.93. The minimum atomic E-state index is -1.55. The lowest BCUT2D eigenvalue weighted by atomic mass is 9.83. The predicted molar refractivity (Wildman–Crippen MR) is 93.0 cm³/mol.